The molecule has 1 aromatic carbocycles. The Morgan fingerprint density at radius 1 is 1.41 bits per heavy atom. The number of esters is 1. The highest BCUT2D eigenvalue weighted by atomic mass is 16.5. The zero-order valence-electron chi connectivity index (χ0n) is 12.6. The van der Waals surface area contributed by atoms with Gasteiger partial charge in [-0.2, -0.15) is 0 Å². The summed E-state index contributed by atoms with van der Waals surface area (Å²) in [6.45, 7) is 5.43. The van der Waals surface area contributed by atoms with Crippen LogP contribution in [0.2, 0.25) is 0 Å². The lowest BCUT2D eigenvalue weighted by atomic mass is 9.92. The van der Waals surface area contributed by atoms with E-state index in [1.54, 1.807) is 13.0 Å². The normalized spacial score (nSPS) is 21.0. The predicted molar refractivity (Wildman–Crippen MR) is 82.4 cm³/mol. The first kappa shape index (κ1) is 14.8. The Bertz CT molecular complexity index is 582. The summed E-state index contributed by atoms with van der Waals surface area (Å²) in [7, 11) is 0. The molecule has 1 fully saturated rings. The first-order chi connectivity index (χ1) is 10.7. The second-order valence-corrected chi connectivity index (χ2v) is 5.38. The van der Waals surface area contributed by atoms with Crippen LogP contribution in [0.4, 0.5) is 11.4 Å². The van der Waals surface area contributed by atoms with Gasteiger partial charge in [-0.25, -0.2) is 0 Å². The molecule has 1 saturated heterocycles. The van der Waals surface area contributed by atoms with E-state index < -0.39 is 11.9 Å². The van der Waals surface area contributed by atoms with E-state index in [-0.39, 0.29) is 18.9 Å². The van der Waals surface area contributed by atoms with Crippen LogP contribution in [0.1, 0.15) is 17.3 Å². The molecule has 0 saturated carbocycles. The largest absolute Gasteiger partial charge is 0.465 e. The molecule has 2 aliphatic heterocycles. The molecule has 1 atom stereocenters. The van der Waals surface area contributed by atoms with Crippen molar-refractivity contribution >= 4 is 23.1 Å². The average Bonchev–Trinajstić information content (AvgIpc) is 2.56. The second kappa shape index (κ2) is 6.36. The molecule has 22 heavy (non-hydrogen) atoms. The Morgan fingerprint density at radius 3 is 2.91 bits per heavy atom. The molecule has 1 unspecified atom stereocenters. The number of ketones is 1. The Kier molecular flexibility index (Phi) is 4.29. The van der Waals surface area contributed by atoms with Crippen LogP contribution in [0.3, 0.4) is 0 Å². The van der Waals surface area contributed by atoms with Crippen LogP contribution in [0.25, 0.3) is 0 Å². The highest BCUT2D eigenvalue weighted by Crippen LogP contribution is 2.30. The molecule has 2 heterocycles. The van der Waals surface area contributed by atoms with E-state index in [0.717, 1.165) is 24.5 Å². The van der Waals surface area contributed by atoms with E-state index in [1.165, 1.54) is 0 Å². The molecular formula is C16H20N2O4. The number of benzene rings is 1. The lowest BCUT2D eigenvalue weighted by Crippen LogP contribution is -2.38. The van der Waals surface area contributed by atoms with Crippen LogP contribution in [-0.4, -0.2) is 51.2 Å². The highest BCUT2D eigenvalue weighted by molar-refractivity contribution is 6.13. The predicted octanol–water partition coefficient (Wildman–Crippen LogP) is 1.31. The molecule has 0 radical (unpaired) electrons. The fourth-order valence-corrected chi connectivity index (χ4v) is 2.84. The molecule has 1 aromatic rings. The van der Waals surface area contributed by atoms with Crippen molar-refractivity contribution in [2.24, 2.45) is 5.92 Å². The number of hydrogen-bond donors (Lipinski definition) is 1. The van der Waals surface area contributed by atoms with Gasteiger partial charge in [-0.15, -0.1) is 0 Å². The third kappa shape index (κ3) is 2.78. The number of carbonyl (C=O) groups excluding carboxylic acids is 2. The van der Waals surface area contributed by atoms with Crippen LogP contribution in [0.15, 0.2) is 18.2 Å². The lowest BCUT2D eigenvalue weighted by Gasteiger charge is -2.30. The monoisotopic (exact) mass is 304 g/mol. The maximum absolute atomic E-state index is 12.4. The molecule has 0 spiro atoms. The maximum atomic E-state index is 12.4. The van der Waals surface area contributed by atoms with Crippen molar-refractivity contribution in [3.05, 3.63) is 23.8 Å². The van der Waals surface area contributed by atoms with Crippen molar-refractivity contribution in [3.63, 3.8) is 0 Å². The summed E-state index contributed by atoms with van der Waals surface area (Å²) in [4.78, 5) is 26.5. The van der Waals surface area contributed by atoms with E-state index >= 15 is 0 Å². The third-order valence-electron chi connectivity index (χ3n) is 4.03. The van der Waals surface area contributed by atoms with Gasteiger partial charge in [-0.05, 0) is 25.1 Å². The van der Waals surface area contributed by atoms with Crippen LogP contribution in [0, 0.1) is 5.92 Å². The summed E-state index contributed by atoms with van der Waals surface area (Å²) in [5.41, 5.74) is 2.41. The molecule has 0 aliphatic carbocycles. The van der Waals surface area contributed by atoms with E-state index in [2.05, 4.69) is 10.2 Å². The number of rotatable bonds is 3. The third-order valence-corrected chi connectivity index (χ3v) is 4.03. The van der Waals surface area contributed by atoms with Gasteiger partial charge in [0.15, 0.2) is 5.78 Å². The van der Waals surface area contributed by atoms with Gasteiger partial charge < -0.3 is 19.7 Å². The molecule has 0 aromatic heterocycles. The number of ether oxygens (including phenoxy) is 2. The van der Waals surface area contributed by atoms with Crippen LogP contribution in [-0.2, 0) is 14.3 Å². The SMILES string of the molecule is CCOC(=O)C1CNc2cc(N3CCOCC3)ccc2C1=O. The number of nitrogens with one attached hydrogen (secondary N) is 1. The average molecular weight is 304 g/mol. The maximum Gasteiger partial charge on any atom is 0.318 e. The topological polar surface area (TPSA) is 67.9 Å². The standard InChI is InChI=1S/C16H20N2O4/c1-2-22-16(20)13-10-17-14-9-11(3-4-12(14)15(13)19)18-5-7-21-8-6-18/h3-4,9,13,17H,2,5-8,10H2,1H3. The smallest absolute Gasteiger partial charge is 0.318 e. The quantitative estimate of drug-likeness (QED) is 0.671. The Balaban J connectivity index is 1.80. The van der Waals surface area contributed by atoms with Gasteiger partial charge in [0.2, 0.25) is 0 Å². The molecule has 3 rings (SSSR count). The summed E-state index contributed by atoms with van der Waals surface area (Å²) >= 11 is 0. The fraction of sp³-hybridized carbons (Fsp3) is 0.500. The van der Waals surface area contributed by atoms with E-state index in [0.29, 0.717) is 18.8 Å². The molecule has 1 N–H and O–H groups in total. The molecule has 6 nitrogen and oxygen atoms in total. The van der Waals surface area contributed by atoms with E-state index in [1.807, 2.05) is 12.1 Å². The minimum atomic E-state index is -0.748. The summed E-state index contributed by atoms with van der Waals surface area (Å²) in [6.07, 6.45) is 0. The highest BCUT2D eigenvalue weighted by Gasteiger charge is 2.34. The molecular weight excluding hydrogens is 284 g/mol. The van der Waals surface area contributed by atoms with Gasteiger partial charge in [0.1, 0.15) is 5.92 Å². The second-order valence-electron chi connectivity index (χ2n) is 5.38. The van der Waals surface area contributed by atoms with Crippen LogP contribution >= 0.6 is 0 Å². The summed E-state index contributed by atoms with van der Waals surface area (Å²) < 4.78 is 10.3. The molecule has 118 valence electrons. The Morgan fingerprint density at radius 2 is 2.18 bits per heavy atom. The number of Topliss-reactive ketones (excluding diaryl/α,β-unsaturated/α-hetero) is 1. The molecule has 6 heteroatoms. The van der Waals surface area contributed by atoms with Gasteiger partial charge in [0.25, 0.3) is 0 Å². The van der Waals surface area contributed by atoms with E-state index in [9.17, 15) is 9.59 Å². The number of nitrogens with zero attached hydrogens (tertiary/aromatic N) is 1. The van der Waals surface area contributed by atoms with Gasteiger partial charge in [-0.3, -0.25) is 9.59 Å². The van der Waals surface area contributed by atoms with Crippen molar-refractivity contribution in [2.75, 3.05) is 49.7 Å². The summed E-state index contributed by atoms with van der Waals surface area (Å²) in [5.74, 6) is -1.37. The summed E-state index contributed by atoms with van der Waals surface area (Å²) in [5, 5.41) is 3.18. The number of fused-ring (bicyclic) bond motifs is 1. The number of carbonyl (C=O) groups is 2. The van der Waals surface area contributed by atoms with E-state index in [4.69, 9.17) is 9.47 Å². The van der Waals surface area contributed by atoms with Crippen molar-refractivity contribution in [2.45, 2.75) is 6.92 Å². The van der Waals surface area contributed by atoms with Crippen LogP contribution < -0.4 is 10.2 Å². The first-order valence-electron chi connectivity index (χ1n) is 7.62. The minimum Gasteiger partial charge on any atom is -0.465 e. The minimum absolute atomic E-state index is 0.166. The van der Waals surface area contributed by atoms with Gasteiger partial charge >= 0.3 is 5.97 Å². The zero-order valence-corrected chi connectivity index (χ0v) is 12.6. The van der Waals surface area contributed by atoms with Crippen molar-refractivity contribution in [1.29, 1.82) is 0 Å². The van der Waals surface area contributed by atoms with Crippen LogP contribution in [0.5, 0.6) is 0 Å². The number of anilines is 2. The Hall–Kier alpha value is -2.08. The fourth-order valence-electron chi connectivity index (χ4n) is 2.84. The van der Waals surface area contributed by atoms with Gasteiger partial charge in [0.05, 0.1) is 19.8 Å². The molecule has 0 bridgehead atoms. The van der Waals surface area contributed by atoms with Crippen molar-refractivity contribution in [1.82, 2.24) is 0 Å². The Labute approximate surface area is 129 Å². The molecule has 2 aliphatic rings. The number of morpholine rings is 1. The van der Waals surface area contributed by atoms with Gasteiger partial charge in [0, 0.05) is 36.6 Å². The molecule has 0 amide bonds. The summed E-state index contributed by atoms with van der Waals surface area (Å²) in [6, 6.07) is 5.69. The van der Waals surface area contributed by atoms with Crippen molar-refractivity contribution in [3.8, 4) is 0 Å². The first-order valence-corrected chi connectivity index (χ1v) is 7.62. The zero-order chi connectivity index (χ0) is 15.5. The van der Waals surface area contributed by atoms with Crippen molar-refractivity contribution < 1.29 is 19.1 Å². The lowest BCUT2D eigenvalue weighted by molar-refractivity contribution is -0.145. The number of hydrogen-bond acceptors (Lipinski definition) is 6. The van der Waals surface area contributed by atoms with Gasteiger partial charge in [-0.1, -0.05) is 0 Å².